The molecule has 3 heterocycles. The summed E-state index contributed by atoms with van der Waals surface area (Å²) in [6.07, 6.45) is -1.50. The van der Waals surface area contributed by atoms with E-state index < -0.39 is 53.9 Å². The largest absolute Gasteiger partial charge is 0.411 e. The Labute approximate surface area is 98.2 Å². The lowest BCUT2D eigenvalue weighted by Gasteiger charge is -2.26. The second-order valence-electron chi connectivity index (χ2n) is 3.83. The third-order valence-electron chi connectivity index (χ3n) is 2.46. The smallest absolute Gasteiger partial charge is 0.366 e. The van der Waals surface area contributed by atoms with Crippen LogP contribution < -0.4 is 14.2 Å². The van der Waals surface area contributed by atoms with E-state index in [4.69, 9.17) is 9.47 Å². The van der Waals surface area contributed by atoms with Gasteiger partial charge in [-0.2, -0.15) is 0 Å². The Morgan fingerprint density at radius 1 is 1.06 bits per heavy atom. The number of rotatable bonds is 0. The second-order valence-corrected chi connectivity index (χ2v) is 3.83. The minimum absolute atomic E-state index is 0.430. The number of aliphatic hydroxyl groups is 1. The maximum atomic E-state index is 11.7. The lowest BCUT2D eigenvalue weighted by molar-refractivity contribution is -0.170. The predicted molar refractivity (Wildman–Crippen MR) is 47.6 cm³/mol. The molecule has 1 unspecified atom stereocenters. The van der Waals surface area contributed by atoms with E-state index in [1.807, 2.05) is 0 Å². The molecule has 0 aliphatic carbocycles. The molecule has 1 aromatic rings. The number of hydrogen-bond acceptors (Lipinski definition) is 9. The summed E-state index contributed by atoms with van der Waals surface area (Å²) < 4.78 is 18.7. The minimum atomic E-state index is -2.32. The van der Waals surface area contributed by atoms with Gasteiger partial charge in [-0.05, 0) is 5.16 Å². The zero-order valence-electron chi connectivity index (χ0n) is 8.67. The first-order chi connectivity index (χ1) is 8.48. The highest BCUT2D eigenvalue weighted by Crippen LogP contribution is 2.41. The molecule has 1 aromatic heterocycles. The Balaban J connectivity index is 2.21. The van der Waals surface area contributed by atoms with Crippen molar-refractivity contribution in [3.8, 4) is 17.6 Å². The van der Waals surface area contributed by atoms with Gasteiger partial charge in [0.2, 0.25) is 0 Å². The first kappa shape index (κ1) is 10.7. The number of carbonyl (C=O) groups excluding carboxylic acids is 3. The number of ether oxygens (including phenoxy) is 3. The number of carbonyl (C=O) groups is 3. The van der Waals surface area contributed by atoms with E-state index in [1.54, 1.807) is 0 Å². The Morgan fingerprint density at radius 3 is 2.44 bits per heavy atom. The Kier molecular flexibility index (Phi) is 1.96. The van der Waals surface area contributed by atoms with Gasteiger partial charge in [0.15, 0.2) is 5.60 Å². The fourth-order valence-electron chi connectivity index (χ4n) is 1.62. The summed E-state index contributed by atoms with van der Waals surface area (Å²) in [4.78, 5) is 34.6. The SMILES string of the molecule is O=C1CC2(O)CC(=O)Oc3onc(c3OC2=O)O1. The minimum Gasteiger partial charge on any atom is -0.411 e. The topological polar surface area (TPSA) is 125 Å². The molecule has 0 saturated carbocycles. The quantitative estimate of drug-likeness (QED) is 0.576. The number of nitrogens with zero attached hydrogens (tertiary/aromatic N) is 1. The predicted octanol–water partition coefficient (Wildman–Crippen LogP) is -1.07. The number of esters is 3. The fraction of sp³-hybridized carbons (Fsp3) is 0.333. The van der Waals surface area contributed by atoms with Crippen LogP contribution in [0.2, 0.25) is 0 Å². The van der Waals surface area contributed by atoms with Gasteiger partial charge in [-0.1, -0.05) is 0 Å². The molecule has 1 N–H and O–H groups in total. The molecule has 0 amide bonds. The van der Waals surface area contributed by atoms with E-state index in [-0.39, 0.29) is 0 Å². The van der Waals surface area contributed by atoms with Gasteiger partial charge in [-0.25, -0.2) is 4.79 Å². The van der Waals surface area contributed by atoms with E-state index in [2.05, 4.69) is 14.4 Å². The molecule has 0 spiro atoms. The molecule has 2 bridgehead atoms. The van der Waals surface area contributed by atoms with Gasteiger partial charge in [0.25, 0.3) is 5.75 Å². The van der Waals surface area contributed by atoms with E-state index in [1.165, 1.54) is 0 Å². The van der Waals surface area contributed by atoms with Crippen molar-refractivity contribution in [2.24, 2.45) is 0 Å². The maximum Gasteiger partial charge on any atom is 0.366 e. The molecule has 9 nitrogen and oxygen atoms in total. The standard InChI is InChI=1S/C9H5NO8/c11-3-1-9(14)2-4(12)16-7-5(17-8(9)13)6(15-3)10-18-7/h14H,1-2H2. The Hall–Kier alpha value is -2.42. The van der Waals surface area contributed by atoms with Crippen molar-refractivity contribution < 1.29 is 38.2 Å². The average molecular weight is 255 g/mol. The average Bonchev–Trinajstić information content (AvgIpc) is 2.58. The highest BCUT2D eigenvalue weighted by atomic mass is 16.7. The van der Waals surface area contributed by atoms with Crippen LogP contribution in [0, 0.1) is 0 Å². The highest BCUT2D eigenvalue weighted by molar-refractivity contribution is 5.94. The number of fused-ring (bicyclic) bond motifs is 2. The van der Waals surface area contributed by atoms with Crippen LogP contribution in [0.15, 0.2) is 4.52 Å². The summed E-state index contributed by atoms with van der Waals surface area (Å²) in [5.74, 6) is -4.43. The van der Waals surface area contributed by atoms with Crippen molar-refractivity contribution in [2.75, 3.05) is 0 Å². The molecule has 2 aliphatic rings. The van der Waals surface area contributed by atoms with Gasteiger partial charge < -0.3 is 23.8 Å². The van der Waals surface area contributed by atoms with Crippen LogP contribution in [-0.4, -0.2) is 33.8 Å². The highest BCUT2D eigenvalue weighted by Gasteiger charge is 2.49. The molecule has 94 valence electrons. The monoisotopic (exact) mass is 255 g/mol. The van der Waals surface area contributed by atoms with Crippen LogP contribution in [0.4, 0.5) is 0 Å². The summed E-state index contributed by atoms with van der Waals surface area (Å²) in [6, 6.07) is 0. The zero-order chi connectivity index (χ0) is 12.9. The van der Waals surface area contributed by atoms with Gasteiger partial charge in [0.1, 0.15) is 0 Å². The number of aromatic nitrogens is 1. The van der Waals surface area contributed by atoms with Crippen molar-refractivity contribution in [3.63, 3.8) is 0 Å². The van der Waals surface area contributed by atoms with Crippen LogP contribution in [0.5, 0.6) is 17.6 Å². The van der Waals surface area contributed by atoms with Crippen LogP contribution in [0.25, 0.3) is 0 Å². The first-order valence-corrected chi connectivity index (χ1v) is 4.84. The van der Waals surface area contributed by atoms with Gasteiger partial charge in [-0.3, -0.25) is 9.59 Å². The normalized spacial score (nSPS) is 26.4. The molecule has 18 heavy (non-hydrogen) atoms. The van der Waals surface area contributed by atoms with Gasteiger partial charge >= 0.3 is 29.7 Å². The maximum absolute atomic E-state index is 11.7. The third-order valence-corrected chi connectivity index (χ3v) is 2.46. The summed E-state index contributed by atoms with van der Waals surface area (Å²) >= 11 is 0. The van der Waals surface area contributed by atoms with E-state index in [0.29, 0.717) is 0 Å². The Morgan fingerprint density at radius 2 is 1.72 bits per heavy atom. The van der Waals surface area contributed by atoms with Gasteiger partial charge in [0.05, 0.1) is 12.8 Å². The van der Waals surface area contributed by atoms with Crippen LogP contribution in [0.1, 0.15) is 12.8 Å². The van der Waals surface area contributed by atoms with Crippen molar-refractivity contribution in [1.82, 2.24) is 5.16 Å². The molecule has 9 heteroatoms. The van der Waals surface area contributed by atoms with E-state index in [0.717, 1.165) is 0 Å². The molecule has 0 fully saturated rings. The summed E-state index contributed by atoms with van der Waals surface area (Å²) in [7, 11) is 0. The molecule has 0 radical (unpaired) electrons. The molecule has 2 aliphatic heterocycles. The lowest BCUT2D eigenvalue weighted by atomic mass is 9.95. The third kappa shape index (κ3) is 1.44. The van der Waals surface area contributed by atoms with Crippen molar-refractivity contribution in [2.45, 2.75) is 18.4 Å². The molecular weight excluding hydrogens is 250 g/mol. The zero-order valence-corrected chi connectivity index (χ0v) is 8.67. The summed E-state index contributed by atoms with van der Waals surface area (Å²) in [6.45, 7) is 0. The van der Waals surface area contributed by atoms with E-state index in [9.17, 15) is 19.5 Å². The van der Waals surface area contributed by atoms with Crippen molar-refractivity contribution in [3.05, 3.63) is 0 Å². The van der Waals surface area contributed by atoms with Crippen LogP contribution in [0.3, 0.4) is 0 Å². The van der Waals surface area contributed by atoms with Crippen molar-refractivity contribution >= 4 is 17.9 Å². The Bertz CT molecular complexity index is 536. The second kappa shape index (κ2) is 3.29. The lowest BCUT2D eigenvalue weighted by Crippen LogP contribution is -2.48. The van der Waals surface area contributed by atoms with Crippen LogP contribution in [-0.2, 0) is 14.4 Å². The molecule has 0 saturated heterocycles. The van der Waals surface area contributed by atoms with Gasteiger partial charge in [0, 0.05) is 0 Å². The molecule has 1 atom stereocenters. The van der Waals surface area contributed by atoms with Crippen LogP contribution >= 0.6 is 0 Å². The molecule has 3 rings (SSSR count). The number of hydrogen-bond donors (Lipinski definition) is 1. The van der Waals surface area contributed by atoms with Crippen molar-refractivity contribution in [1.29, 1.82) is 0 Å². The van der Waals surface area contributed by atoms with Gasteiger partial charge in [-0.15, -0.1) is 0 Å². The summed E-state index contributed by atoms with van der Waals surface area (Å²) in [5, 5.41) is 13.2. The molecular formula is C9H5NO8. The summed E-state index contributed by atoms with van der Waals surface area (Å²) in [5.41, 5.74) is -2.32. The fourth-order valence-corrected chi connectivity index (χ4v) is 1.62. The first-order valence-electron chi connectivity index (χ1n) is 4.84. The van der Waals surface area contributed by atoms with E-state index >= 15 is 0 Å². The molecule has 0 aromatic carbocycles.